The van der Waals surface area contributed by atoms with Crippen molar-refractivity contribution in [2.45, 2.75) is 31.8 Å². The van der Waals surface area contributed by atoms with E-state index in [9.17, 15) is 5.11 Å². The molecule has 1 aromatic rings. The molecule has 110 valence electrons. The first-order chi connectivity index (χ1) is 9.83. The van der Waals surface area contributed by atoms with E-state index in [4.69, 9.17) is 9.47 Å². The Morgan fingerprint density at radius 3 is 2.60 bits per heavy atom. The highest BCUT2D eigenvalue weighted by atomic mass is 16.6. The number of aliphatic hydroxyl groups excluding tert-OH is 1. The molecule has 0 aromatic heterocycles. The van der Waals surface area contributed by atoms with Gasteiger partial charge >= 0.3 is 0 Å². The van der Waals surface area contributed by atoms with E-state index in [0.29, 0.717) is 13.2 Å². The first-order valence-corrected chi connectivity index (χ1v) is 7.63. The molecule has 3 rings (SSSR count). The summed E-state index contributed by atoms with van der Waals surface area (Å²) in [6.45, 7) is 4.50. The van der Waals surface area contributed by atoms with Gasteiger partial charge in [-0.2, -0.15) is 0 Å². The van der Waals surface area contributed by atoms with Crippen LogP contribution in [0.25, 0.3) is 0 Å². The number of nitrogens with zero attached hydrogens (tertiary/aromatic N) is 1. The van der Waals surface area contributed by atoms with Crippen LogP contribution in [0.3, 0.4) is 0 Å². The van der Waals surface area contributed by atoms with Crippen molar-refractivity contribution >= 4 is 0 Å². The van der Waals surface area contributed by atoms with Crippen LogP contribution in [0.1, 0.15) is 37.4 Å². The third kappa shape index (κ3) is 3.25. The summed E-state index contributed by atoms with van der Waals surface area (Å²) in [5, 5.41) is 10.3. The molecule has 4 nitrogen and oxygen atoms in total. The summed E-state index contributed by atoms with van der Waals surface area (Å²) >= 11 is 0. The van der Waals surface area contributed by atoms with Crippen LogP contribution in [0.5, 0.6) is 11.5 Å². The van der Waals surface area contributed by atoms with Crippen molar-refractivity contribution in [2.24, 2.45) is 0 Å². The molecule has 0 bridgehead atoms. The first-order valence-electron chi connectivity index (χ1n) is 7.63. The van der Waals surface area contributed by atoms with Crippen molar-refractivity contribution in [3.05, 3.63) is 23.8 Å². The van der Waals surface area contributed by atoms with Gasteiger partial charge in [-0.1, -0.05) is 12.5 Å². The molecular formula is C16H23NO3. The standard InChI is InChI=1S/C16H23NO3/c18-14(6-9-17-7-2-1-3-8-17)13-4-5-15-16(12-13)20-11-10-19-15/h4-5,12,14,18H,1-3,6-11H2. The Bertz CT molecular complexity index is 443. The molecule has 0 saturated carbocycles. The number of likely N-dealkylation sites (tertiary alicyclic amines) is 1. The molecule has 2 heterocycles. The average Bonchev–Trinajstić information content (AvgIpc) is 2.53. The van der Waals surface area contributed by atoms with Gasteiger partial charge in [0.15, 0.2) is 11.5 Å². The fraction of sp³-hybridized carbons (Fsp3) is 0.625. The fourth-order valence-electron chi connectivity index (χ4n) is 2.92. The molecular weight excluding hydrogens is 254 g/mol. The molecule has 1 fully saturated rings. The maximum absolute atomic E-state index is 10.3. The van der Waals surface area contributed by atoms with Crippen LogP contribution in [0, 0.1) is 0 Å². The van der Waals surface area contributed by atoms with Crippen molar-refractivity contribution < 1.29 is 14.6 Å². The summed E-state index contributed by atoms with van der Waals surface area (Å²) in [5.41, 5.74) is 0.922. The fourth-order valence-corrected chi connectivity index (χ4v) is 2.92. The van der Waals surface area contributed by atoms with E-state index in [2.05, 4.69) is 4.90 Å². The van der Waals surface area contributed by atoms with E-state index in [1.165, 1.54) is 32.4 Å². The highest BCUT2D eigenvalue weighted by Crippen LogP contribution is 2.33. The van der Waals surface area contributed by atoms with Crippen LogP contribution in [0.4, 0.5) is 0 Å². The van der Waals surface area contributed by atoms with Gasteiger partial charge in [0.25, 0.3) is 0 Å². The zero-order valence-corrected chi connectivity index (χ0v) is 11.9. The van der Waals surface area contributed by atoms with E-state index < -0.39 is 6.10 Å². The lowest BCUT2D eigenvalue weighted by atomic mass is 10.0. The smallest absolute Gasteiger partial charge is 0.161 e. The molecule has 0 radical (unpaired) electrons. The van der Waals surface area contributed by atoms with Crippen molar-refractivity contribution in [1.29, 1.82) is 0 Å². The van der Waals surface area contributed by atoms with Crippen LogP contribution in [-0.2, 0) is 0 Å². The van der Waals surface area contributed by atoms with Crippen molar-refractivity contribution in [3.63, 3.8) is 0 Å². The van der Waals surface area contributed by atoms with Crippen molar-refractivity contribution in [1.82, 2.24) is 4.90 Å². The van der Waals surface area contributed by atoms with Gasteiger partial charge in [0.05, 0.1) is 6.10 Å². The summed E-state index contributed by atoms with van der Waals surface area (Å²) in [4.78, 5) is 2.45. The molecule has 20 heavy (non-hydrogen) atoms. The number of piperidine rings is 1. The second-order valence-electron chi connectivity index (χ2n) is 5.61. The lowest BCUT2D eigenvalue weighted by Gasteiger charge is -2.27. The predicted octanol–water partition coefficient (Wildman–Crippen LogP) is 2.37. The molecule has 1 unspecified atom stereocenters. The van der Waals surface area contributed by atoms with Gasteiger partial charge in [0.2, 0.25) is 0 Å². The second-order valence-corrected chi connectivity index (χ2v) is 5.61. The van der Waals surface area contributed by atoms with E-state index in [1.54, 1.807) is 0 Å². The Balaban J connectivity index is 1.57. The van der Waals surface area contributed by atoms with Crippen LogP contribution < -0.4 is 9.47 Å². The average molecular weight is 277 g/mol. The lowest BCUT2D eigenvalue weighted by Crippen LogP contribution is -2.31. The number of benzene rings is 1. The van der Waals surface area contributed by atoms with Gasteiger partial charge in [-0.25, -0.2) is 0 Å². The lowest BCUT2D eigenvalue weighted by molar-refractivity contribution is 0.132. The van der Waals surface area contributed by atoms with Gasteiger partial charge in [0.1, 0.15) is 13.2 Å². The molecule has 1 atom stereocenters. The highest BCUT2D eigenvalue weighted by Gasteiger charge is 2.17. The van der Waals surface area contributed by atoms with E-state index in [0.717, 1.165) is 30.0 Å². The largest absolute Gasteiger partial charge is 0.486 e. The Labute approximate surface area is 120 Å². The van der Waals surface area contributed by atoms with Crippen LogP contribution in [0.2, 0.25) is 0 Å². The first kappa shape index (κ1) is 13.7. The quantitative estimate of drug-likeness (QED) is 0.917. The number of hydrogen-bond acceptors (Lipinski definition) is 4. The molecule has 0 spiro atoms. The Morgan fingerprint density at radius 2 is 1.80 bits per heavy atom. The minimum atomic E-state index is -0.423. The predicted molar refractivity (Wildman–Crippen MR) is 77.3 cm³/mol. The monoisotopic (exact) mass is 277 g/mol. The number of hydrogen-bond donors (Lipinski definition) is 1. The topological polar surface area (TPSA) is 41.9 Å². The third-order valence-electron chi connectivity index (χ3n) is 4.12. The molecule has 0 amide bonds. The Kier molecular flexibility index (Phi) is 4.43. The van der Waals surface area contributed by atoms with Gasteiger partial charge < -0.3 is 19.5 Å². The van der Waals surface area contributed by atoms with Crippen molar-refractivity contribution in [2.75, 3.05) is 32.8 Å². The molecule has 1 N–H and O–H groups in total. The number of rotatable bonds is 4. The SMILES string of the molecule is OC(CCN1CCCCC1)c1ccc2c(c1)OCCO2. The third-order valence-corrected chi connectivity index (χ3v) is 4.12. The summed E-state index contributed by atoms with van der Waals surface area (Å²) in [5.74, 6) is 1.54. The van der Waals surface area contributed by atoms with E-state index in [1.807, 2.05) is 18.2 Å². The van der Waals surface area contributed by atoms with Gasteiger partial charge in [0, 0.05) is 6.54 Å². The summed E-state index contributed by atoms with van der Waals surface area (Å²) in [6, 6.07) is 5.75. The second kappa shape index (κ2) is 6.46. The van der Waals surface area contributed by atoms with Gasteiger partial charge in [-0.15, -0.1) is 0 Å². The zero-order chi connectivity index (χ0) is 13.8. The molecule has 1 aromatic carbocycles. The summed E-state index contributed by atoms with van der Waals surface area (Å²) < 4.78 is 11.1. The Morgan fingerprint density at radius 1 is 1.05 bits per heavy atom. The van der Waals surface area contributed by atoms with Crippen LogP contribution >= 0.6 is 0 Å². The number of fused-ring (bicyclic) bond motifs is 1. The molecule has 0 aliphatic carbocycles. The van der Waals surface area contributed by atoms with Gasteiger partial charge in [-0.3, -0.25) is 0 Å². The molecule has 2 aliphatic rings. The van der Waals surface area contributed by atoms with Gasteiger partial charge in [-0.05, 0) is 50.0 Å². The summed E-state index contributed by atoms with van der Waals surface area (Å²) in [6.07, 6.45) is 4.29. The normalized spacial score (nSPS) is 20.6. The minimum Gasteiger partial charge on any atom is -0.486 e. The minimum absolute atomic E-state index is 0.423. The van der Waals surface area contributed by atoms with E-state index >= 15 is 0 Å². The van der Waals surface area contributed by atoms with Crippen LogP contribution in [-0.4, -0.2) is 42.9 Å². The number of ether oxygens (including phenoxy) is 2. The Hall–Kier alpha value is -1.26. The molecule has 4 heteroatoms. The maximum atomic E-state index is 10.3. The van der Waals surface area contributed by atoms with E-state index in [-0.39, 0.29) is 0 Å². The molecule has 1 saturated heterocycles. The number of aliphatic hydroxyl groups is 1. The molecule has 2 aliphatic heterocycles. The highest BCUT2D eigenvalue weighted by molar-refractivity contribution is 5.44. The van der Waals surface area contributed by atoms with Crippen molar-refractivity contribution in [3.8, 4) is 11.5 Å². The summed E-state index contributed by atoms with van der Waals surface area (Å²) in [7, 11) is 0. The van der Waals surface area contributed by atoms with Crippen LogP contribution in [0.15, 0.2) is 18.2 Å². The zero-order valence-electron chi connectivity index (χ0n) is 11.9. The maximum Gasteiger partial charge on any atom is 0.161 e.